The molecule has 5 heteroatoms. The number of nitrogens with zero attached hydrogens (tertiary/aromatic N) is 3. The van der Waals surface area contributed by atoms with Crippen molar-refractivity contribution in [3.8, 4) is 0 Å². The van der Waals surface area contributed by atoms with Gasteiger partial charge in [0.1, 0.15) is 5.82 Å². The van der Waals surface area contributed by atoms with Crippen LogP contribution in [-0.4, -0.2) is 20.5 Å². The highest BCUT2D eigenvalue weighted by Gasteiger charge is 1.98. The fourth-order valence-electron chi connectivity index (χ4n) is 1.36. The minimum absolute atomic E-state index is 0.566. The third kappa shape index (κ3) is 3.00. The lowest BCUT2D eigenvalue weighted by atomic mass is 10.3. The normalized spacial score (nSPS) is 10.6. The summed E-state index contributed by atoms with van der Waals surface area (Å²) in [4.78, 5) is 5.20. The molecule has 0 saturated carbocycles. The van der Waals surface area contributed by atoms with Crippen LogP contribution in [0, 0.1) is 0 Å². The highest BCUT2D eigenvalue weighted by atomic mass is 32.2. The summed E-state index contributed by atoms with van der Waals surface area (Å²) >= 11 is 1.78. The standard InChI is InChI=1S/C11H14N4S/c1-15-8-9(6-14-15)4-5-16-10-2-3-11(12)13-7-10/h2-3,6-8H,4-5H2,1H3,(H2,12,13). The summed E-state index contributed by atoms with van der Waals surface area (Å²) in [6, 6.07) is 3.82. The molecule has 0 aromatic carbocycles. The van der Waals surface area contributed by atoms with Crippen molar-refractivity contribution in [2.45, 2.75) is 11.3 Å². The number of hydrogen-bond acceptors (Lipinski definition) is 4. The minimum Gasteiger partial charge on any atom is -0.384 e. The third-order valence-corrected chi connectivity index (χ3v) is 3.16. The lowest BCUT2D eigenvalue weighted by Gasteiger charge is -2.00. The van der Waals surface area contributed by atoms with E-state index in [1.807, 2.05) is 42.5 Å². The summed E-state index contributed by atoms with van der Waals surface area (Å²) in [7, 11) is 1.93. The van der Waals surface area contributed by atoms with E-state index in [0.717, 1.165) is 17.1 Å². The summed E-state index contributed by atoms with van der Waals surface area (Å²) in [5, 5.41) is 4.13. The van der Waals surface area contributed by atoms with Gasteiger partial charge in [0.25, 0.3) is 0 Å². The average Bonchev–Trinajstić information content (AvgIpc) is 2.67. The average molecular weight is 234 g/mol. The first kappa shape index (κ1) is 11.0. The van der Waals surface area contributed by atoms with E-state index in [1.165, 1.54) is 5.56 Å². The van der Waals surface area contributed by atoms with Crippen LogP contribution in [0.4, 0.5) is 5.82 Å². The second kappa shape index (κ2) is 5.03. The van der Waals surface area contributed by atoms with Gasteiger partial charge in [-0.15, -0.1) is 11.8 Å². The van der Waals surface area contributed by atoms with Gasteiger partial charge in [0.05, 0.1) is 6.20 Å². The molecule has 0 aliphatic rings. The van der Waals surface area contributed by atoms with Crippen LogP contribution in [0.3, 0.4) is 0 Å². The van der Waals surface area contributed by atoms with E-state index in [2.05, 4.69) is 10.1 Å². The number of nitrogens with two attached hydrogens (primary N) is 1. The molecule has 0 radical (unpaired) electrons. The van der Waals surface area contributed by atoms with E-state index in [-0.39, 0.29) is 0 Å². The Balaban J connectivity index is 1.82. The summed E-state index contributed by atoms with van der Waals surface area (Å²) in [5.41, 5.74) is 6.78. The predicted octanol–water partition coefficient (Wildman–Crippen LogP) is 1.73. The van der Waals surface area contributed by atoms with Gasteiger partial charge in [-0.3, -0.25) is 4.68 Å². The monoisotopic (exact) mass is 234 g/mol. The van der Waals surface area contributed by atoms with Crippen molar-refractivity contribution in [3.63, 3.8) is 0 Å². The molecule has 2 N–H and O–H groups in total. The van der Waals surface area contributed by atoms with E-state index in [4.69, 9.17) is 5.73 Å². The van der Waals surface area contributed by atoms with Crippen LogP contribution in [0.15, 0.2) is 35.6 Å². The first-order valence-corrected chi connectivity index (χ1v) is 6.04. The molecule has 2 aromatic heterocycles. The smallest absolute Gasteiger partial charge is 0.123 e. The van der Waals surface area contributed by atoms with Gasteiger partial charge in [-0.05, 0) is 24.1 Å². The van der Waals surface area contributed by atoms with Crippen molar-refractivity contribution >= 4 is 17.6 Å². The highest BCUT2D eigenvalue weighted by Crippen LogP contribution is 2.18. The lowest BCUT2D eigenvalue weighted by molar-refractivity contribution is 0.767. The van der Waals surface area contributed by atoms with E-state index in [0.29, 0.717) is 5.82 Å². The molecule has 0 bridgehead atoms. The van der Waals surface area contributed by atoms with Crippen LogP contribution < -0.4 is 5.73 Å². The van der Waals surface area contributed by atoms with Gasteiger partial charge in [0.15, 0.2) is 0 Å². The Morgan fingerprint density at radius 2 is 2.25 bits per heavy atom. The van der Waals surface area contributed by atoms with Crippen molar-refractivity contribution in [1.29, 1.82) is 0 Å². The van der Waals surface area contributed by atoms with Gasteiger partial charge in [0, 0.05) is 30.1 Å². The largest absolute Gasteiger partial charge is 0.384 e. The molecule has 0 aliphatic carbocycles. The molecule has 2 rings (SSSR count). The number of thioether (sulfide) groups is 1. The second-order valence-electron chi connectivity index (χ2n) is 3.54. The molecule has 4 nitrogen and oxygen atoms in total. The quantitative estimate of drug-likeness (QED) is 0.819. The zero-order valence-electron chi connectivity index (χ0n) is 9.13. The van der Waals surface area contributed by atoms with Crippen molar-refractivity contribution < 1.29 is 0 Å². The molecular weight excluding hydrogens is 220 g/mol. The summed E-state index contributed by atoms with van der Waals surface area (Å²) in [6.45, 7) is 0. The maximum Gasteiger partial charge on any atom is 0.123 e. The van der Waals surface area contributed by atoms with Gasteiger partial charge >= 0.3 is 0 Å². The number of nitrogen functional groups attached to an aromatic ring is 1. The zero-order chi connectivity index (χ0) is 11.4. The highest BCUT2D eigenvalue weighted by molar-refractivity contribution is 7.99. The lowest BCUT2D eigenvalue weighted by Crippen LogP contribution is -1.90. The summed E-state index contributed by atoms with van der Waals surface area (Å²) in [6.07, 6.45) is 6.77. The summed E-state index contributed by atoms with van der Waals surface area (Å²) < 4.78 is 1.82. The maximum atomic E-state index is 5.52. The van der Waals surface area contributed by atoms with Crippen LogP contribution in [0.25, 0.3) is 0 Å². The molecule has 0 saturated heterocycles. The van der Waals surface area contributed by atoms with Crippen LogP contribution >= 0.6 is 11.8 Å². The molecule has 2 aromatic rings. The maximum absolute atomic E-state index is 5.52. The van der Waals surface area contributed by atoms with Crippen molar-refractivity contribution in [2.24, 2.45) is 7.05 Å². The van der Waals surface area contributed by atoms with Gasteiger partial charge < -0.3 is 5.73 Å². The zero-order valence-corrected chi connectivity index (χ0v) is 9.94. The SMILES string of the molecule is Cn1cc(CCSc2ccc(N)nc2)cn1. The minimum atomic E-state index is 0.566. The number of rotatable bonds is 4. The Labute approximate surface area is 98.9 Å². The van der Waals surface area contributed by atoms with Crippen molar-refractivity contribution in [1.82, 2.24) is 14.8 Å². The third-order valence-electron chi connectivity index (χ3n) is 2.18. The van der Waals surface area contributed by atoms with E-state index < -0.39 is 0 Å². The van der Waals surface area contributed by atoms with Crippen LogP contribution in [-0.2, 0) is 13.5 Å². The van der Waals surface area contributed by atoms with Crippen LogP contribution in [0.5, 0.6) is 0 Å². The fourth-order valence-corrected chi connectivity index (χ4v) is 2.23. The Hall–Kier alpha value is -1.49. The van der Waals surface area contributed by atoms with Crippen LogP contribution in [0.2, 0.25) is 0 Å². The van der Waals surface area contributed by atoms with Gasteiger partial charge in [-0.25, -0.2) is 4.98 Å². The molecule has 2 heterocycles. The van der Waals surface area contributed by atoms with Crippen molar-refractivity contribution in [3.05, 3.63) is 36.3 Å². The molecule has 0 spiro atoms. The molecule has 0 unspecified atom stereocenters. The number of aromatic nitrogens is 3. The Morgan fingerprint density at radius 3 is 2.88 bits per heavy atom. The molecular formula is C11H14N4S. The first-order chi connectivity index (χ1) is 7.74. The molecule has 0 fully saturated rings. The van der Waals surface area contributed by atoms with E-state index in [9.17, 15) is 0 Å². The van der Waals surface area contributed by atoms with Gasteiger partial charge in [-0.2, -0.15) is 5.10 Å². The van der Waals surface area contributed by atoms with Gasteiger partial charge in [-0.1, -0.05) is 0 Å². The molecule has 0 aliphatic heterocycles. The Kier molecular flexibility index (Phi) is 3.46. The van der Waals surface area contributed by atoms with Crippen LogP contribution in [0.1, 0.15) is 5.56 Å². The first-order valence-electron chi connectivity index (χ1n) is 5.06. The number of pyridine rings is 1. The fraction of sp³-hybridized carbons (Fsp3) is 0.273. The van der Waals surface area contributed by atoms with E-state index in [1.54, 1.807) is 11.8 Å². The summed E-state index contributed by atoms with van der Waals surface area (Å²) in [5.74, 6) is 1.59. The topological polar surface area (TPSA) is 56.7 Å². The Bertz CT molecular complexity index is 449. The van der Waals surface area contributed by atoms with Gasteiger partial charge in [0.2, 0.25) is 0 Å². The molecule has 16 heavy (non-hydrogen) atoms. The van der Waals surface area contributed by atoms with E-state index >= 15 is 0 Å². The molecule has 0 amide bonds. The number of hydrogen-bond donors (Lipinski definition) is 1. The van der Waals surface area contributed by atoms with Crippen molar-refractivity contribution in [2.75, 3.05) is 11.5 Å². The molecule has 84 valence electrons. The number of aryl methyl sites for hydroxylation is 2. The Morgan fingerprint density at radius 1 is 1.38 bits per heavy atom. The number of anilines is 1. The predicted molar refractivity (Wildman–Crippen MR) is 66.3 cm³/mol. The second-order valence-corrected chi connectivity index (χ2v) is 4.71. The molecule has 0 atom stereocenters.